The van der Waals surface area contributed by atoms with Crippen molar-refractivity contribution in [3.8, 4) is 46.0 Å². The third kappa shape index (κ3) is 23.8. The minimum atomic E-state index is -3.95. The van der Waals surface area contributed by atoms with Gasteiger partial charge in [0, 0.05) is 186 Å². The normalized spacial score (nSPS) is 42.1. The van der Waals surface area contributed by atoms with Crippen molar-refractivity contribution in [2.24, 2.45) is 93.8 Å². The van der Waals surface area contributed by atoms with Gasteiger partial charge in [0.05, 0.1) is 69.1 Å². The van der Waals surface area contributed by atoms with Crippen LogP contribution in [0.15, 0.2) is 48.5 Å². The number of ether oxygens (including phenoxy) is 12. The molecule has 0 spiro atoms. The number of rotatable bonds is 28. The van der Waals surface area contributed by atoms with Crippen LogP contribution >= 0.6 is 0 Å². The number of nitrogens with two attached hydrogens (primary N) is 4. The average molecular weight is 1730 g/mol. The molecule has 12 rings (SSSR count). The molecule has 672 valence electrons. The molecule has 20 atom stereocenters. The van der Waals surface area contributed by atoms with Crippen molar-refractivity contribution in [3.05, 3.63) is 93.0 Å². The van der Waals surface area contributed by atoms with Crippen LogP contribution in [0.25, 0.3) is 0 Å². The first kappa shape index (κ1) is 46.7. The lowest BCUT2D eigenvalue weighted by Gasteiger charge is -2.47. The minimum absolute atomic E-state index is 0.0536. The Balaban J connectivity index is 0.000000253. The van der Waals surface area contributed by atoms with Crippen LogP contribution in [0.3, 0.4) is 0 Å². The summed E-state index contributed by atoms with van der Waals surface area (Å²) in [6.45, 7) is -14.2. The maximum absolute atomic E-state index is 13.3. The zero-order valence-corrected chi connectivity index (χ0v) is 70.9. The second kappa shape index (κ2) is 43.9. The number of hydrogen-bond donors (Lipinski definition) is 4. The molecule has 4 aromatic rings. The summed E-state index contributed by atoms with van der Waals surface area (Å²) in [6, 6.07) is -2.18. The molecule has 24 nitrogen and oxygen atoms in total. The maximum atomic E-state index is 13.3. The zero-order chi connectivity index (χ0) is 135. The van der Waals surface area contributed by atoms with Crippen molar-refractivity contribution in [2.75, 3.05) is 109 Å². The number of nitrogens with zero attached hydrogens (tertiary/aromatic N) is 4. The molecule has 8 aliphatic heterocycles. The first-order valence-electron chi connectivity index (χ1n) is 65.5. The lowest BCUT2D eigenvalue weighted by atomic mass is 9.79. The van der Waals surface area contributed by atoms with Crippen LogP contribution in [0.2, 0.25) is 0 Å². The molecule has 16 unspecified atom stereocenters. The largest absolute Gasteiger partial charge is 0.493 e. The van der Waals surface area contributed by atoms with Crippen LogP contribution in [0.1, 0.15) is 303 Å². The number of fused-ring (bicyclic) bond motifs is 12. The Bertz CT molecular complexity index is 6370. The monoisotopic (exact) mass is 1730 g/mol. The van der Waals surface area contributed by atoms with Crippen molar-refractivity contribution in [1.82, 2.24) is 19.6 Å². The van der Waals surface area contributed by atoms with Gasteiger partial charge in [0.25, 0.3) is 0 Å². The Morgan fingerprint density at radius 1 is 0.367 bits per heavy atom. The minimum Gasteiger partial charge on any atom is -0.493 e. The van der Waals surface area contributed by atoms with Crippen molar-refractivity contribution < 1.29 is 149 Å². The predicted molar refractivity (Wildman–Crippen MR) is 471 cm³/mol. The molecule has 0 bridgehead atoms. The SMILES string of the molecule is [2H]C([2H])([2H])C([2H])(C)C([2H])([2H])C1([2H])C([2H])([2H])N2CCc3cc(OC)c(OC)cc3C2C([2H])([2H])C1([2H])OC(=O)[C@@H](N)C(C)C.[2H]C([2H])([2H])C([2H])(C)C([2H])([2H])C1([2H])C([2H])([2H])N2CCc3cc(OC)c(OC)cc3C2C([2H])([2H])C1([2H])OC(=O)[C@@H](N)C(C)C.[2H]C([2H])([2H])Oc1cc2c(cc1OC)C1N(CC2)C([2H])([2H])C([2H])(C([2H])([2H])C([2H])(C)C([2H])([2H])[2H])C(OC(=O)[C@@H](N)C(C)C)C1([2H])[2H].[2H]C([2H])([2H])Oc1cc2c(cc1OC)C1N(CC2)C([2H])([2H])C([2H])(C([2H])([2H])C([2H])(C)C([2H])([2H])[2H])C([2H])(OC(=O)[C@@H](N)C(C)C)C1([2H])[2H]. The van der Waals surface area contributed by atoms with Gasteiger partial charge in [0.15, 0.2) is 46.0 Å². The standard InChI is InChI=1S/4C24H38N2O4/c4*1-14(2)9-17-13-26-8-7-16-10-21(28-5)22(29-6)11-18(16)19(26)12-20(17)30-24(27)23(25)15(3)4/h4*10-11,14-15,17,19-20,23H,7-9,12-13,25H2,1-6H3/t4*17?,19?,20?,23-/m0000/s1/i1D3,5D3,9D2,12D2,13D2,14D,17D,20D;2*1D3,9D2,12D2,13D2,14D,17D,20D;1D3,5D3,9D2,12D2,13D2,14D,17D/t4*14?,17?,19?,20?,23-. The average Bonchev–Trinajstić information content (AvgIpc) is 0.655. The van der Waals surface area contributed by atoms with E-state index in [-0.39, 0.29) is 108 Å². The molecule has 0 radical (unpaired) electrons. The van der Waals surface area contributed by atoms with Gasteiger partial charge in [-0.05, 0) is 191 Å². The number of esters is 4. The van der Waals surface area contributed by atoms with Gasteiger partial charge < -0.3 is 79.8 Å². The summed E-state index contributed by atoms with van der Waals surface area (Å²) >= 11 is 0. The molecule has 120 heavy (non-hydrogen) atoms. The van der Waals surface area contributed by atoms with Crippen LogP contribution in [0, 0.1) is 70.8 Å². The van der Waals surface area contributed by atoms with E-state index in [4.69, 9.17) is 129 Å². The lowest BCUT2D eigenvalue weighted by molar-refractivity contribution is -0.161. The second-order valence-corrected chi connectivity index (χ2v) is 30.5. The summed E-state index contributed by atoms with van der Waals surface area (Å²) in [5, 5.41) is 0. The molecule has 0 saturated carbocycles. The highest BCUT2D eigenvalue weighted by Gasteiger charge is 2.47. The van der Waals surface area contributed by atoms with Gasteiger partial charge in [-0.3, -0.25) is 38.8 Å². The summed E-state index contributed by atoms with van der Waals surface area (Å²) in [4.78, 5) is 56.2. The summed E-state index contributed by atoms with van der Waals surface area (Å²) in [7, 11) is 2.05. The number of methoxy groups -OCH3 is 8. The van der Waals surface area contributed by atoms with Gasteiger partial charge in [0.2, 0.25) is 0 Å². The van der Waals surface area contributed by atoms with E-state index in [0.717, 1.165) is 25.7 Å². The van der Waals surface area contributed by atoms with Crippen molar-refractivity contribution in [1.29, 1.82) is 0 Å². The highest BCUT2D eigenvalue weighted by atomic mass is 16.6. The number of carbonyl (C=O) groups excluding carboxylic acids is 4. The predicted octanol–water partition coefficient (Wildman–Crippen LogP) is 14.3. The summed E-state index contributed by atoms with van der Waals surface area (Å²) in [5.41, 5.74) is 25.4. The fourth-order valence-corrected chi connectivity index (χ4v) is 13.6. The third-order valence-corrected chi connectivity index (χ3v) is 20.4. The Morgan fingerprint density at radius 3 is 0.833 bits per heavy atom. The van der Waals surface area contributed by atoms with Crippen LogP contribution in [-0.4, -0.2) is 201 Å². The maximum Gasteiger partial charge on any atom is 0.323 e. The molecule has 0 aliphatic carbocycles. The first-order chi connectivity index (χ1) is 77.2. The second-order valence-electron chi connectivity index (χ2n) is 30.5. The lowest BCUT2D eigenvalue weighted by Crippen LogP contribution is -2.51. The van der Waals surface area contributed by atoms with Crippen LogP contribution in [-0.2, 0) is 63.8 Å². The number of piperidine rings is 4. The fraction of sp³-hybridized carbons (Fsp3) is 0.708. The van der Waals surface area contributed by atoms with E-state index in [2.05, 4.69) is 0 Å². The molecule has 4 saturated heterocycles. The van der Waals surface area contributed by atoms with E-state index >= 15 is 0 Å². The Morgan fingerprint density at radius 2 is 0.592 bits per heavy atom. The molecule has 0 amide bonds. The fourth-order valence-electron chi connectivity index (χ4n) is 13.6. The van der Waals surface area contributed by atoms with E-state index in [1.54, 1.807) is 26.0 Å². The molecule has 4 fully saturated rings. The topological polar surface area (TPSA) is 296 Å². The molecular weight excluding hydrogens is 1520 g/mol. The van der Waals surface area contributed by atoms with E-state index in [0.29, 0.717) is 55.9 Å². The van der Waals surface area contributed by atoms with Crippen molar-refractivity contribution in [2.45, 2.75) is 260 Å². The molecule has 8 N–H and O–H groups in total. The van der Waals surface area contributed by atoms with Gasteiger partial charge in [-0.15, -0.1) is 0 Å². The van der Waals surface area contributed by atoms with Gasteiger partial charge >= 0.3 is 23.9 Å². The summed E-state index contributed by atoms with van der Waals surface area (Å²) < 4.78 is 521. The van der Waals surface area contributed by atoms with Gasteiger partial charge in [0.1, 0.15) is 48.5 Å². The van der Waals surface area contributed by atoms with E-state index in [1.807, 2.05) is 0 Å². The molecule has 4 aromatic carbocycles. The first-order valence-corrected chi connectivity index (χ1v) is 39.0. The summed E-state index contributed by atoms with van der Waals surface area (Å²) in [6.07, 6.45) is -42.4. The Kier molecular flexibility index (Phi) is 17.1. The van der Waals surface area contributed by atoms with Crippen LogP contribution in [0.4, 0.5) is 0 Å². The van der Waals surface area contributed by atoms with Crippen LogP contribution in [0.5, 0.6) is 46.0 Å². The Labute approximate surface area is 793 Å². The van der Waals surface area contributed by atoms with Crippen LogP contribution < -0.4 is 60.8 Å². The van der Waals surface area contributed by atoms with Gasteiger partial charge in [-0.25, -0.2) is 0 Å². The zero-order valence-electron chi connectivity index (χ0n) is 124. The third-order valence-electron chi connectivity index (χ3n) is 20.4. The van der Waals surface area contributed by atoms with Crippen molar-refractivity contribution >= 4 is 23.9 Å². The van der Waals surface area contributed by atoms with E-state index in [1.165, 1.54) is 115 Å². The number of hydrogen-bond acceptors (Lipinski definition) is 24. The molecule has 24 heteroatoms. The number of carbonyl (C=O) groups is 4. The summed E-state index contributed by atoms with van der Waals surface area (Å²) in [5.74, 6) is -36.3. The van der Waals surface area contributed by atoms with Crippen molar-refractivity contribution in [3.63, 3.8) is 0 Å². The Hall–Kier alpha value is -7.16. The highest BCUT2D eigenvalue weighted by molar-refractivity contribution is 5.77. The molecule has 8 aliphatic rings. The van der Waals surface area contributed by atoms with E-state index < -0.39 is 292 Å². The highest BCUT2D eigenvalue weighted by Crippen LogP contribution is 2.50. The molecule has 0 aromatic heterocycles. The molecule has 8 heterocycles. The van der Waals surface area contributed by atoms with E-state index in [9.17, 15) is 42.5 Å². The number of benzene rings is 4. The van der Waals surface area contributed by atoms with Gasteiger partial charge in [-0.2, -0.15) is 0 Å². The van der Waals surface area contributed by atoms with Gasteiger partial charge in [-0.1, -0.05) is 110 Å². The smallest absolute Gasteiger partial charge is 0.323 e. The molecular formula is C96H152N8O16. The quantitative estimate of drug-likeness (QED) is 0.0303.